The van der Waals surface area contributed by atoms with E-state index in [2.05, 4.69) is 17.1 Å². The predicted octanol–water partition coefficient (Wildman–Crippen LogP) is 2.85. The van der Waals surface area contributed by atoms with Gasteiger partial charge in [0.15, 0.2) is 0 Å². The lowest BCUT2D eigenvalue weighted by atomic mass is 10.1. The van der Waals surface area contributed by atoms with Gasteiger partial charge in [-0.2, -0.15) is 0 Å². The molecule has 0 saturated carbocycles. The molecular weight excluding hydrogens is 227 g/mol. The monoisotopic (exact) mass is 241 g/mol. The Kier molecular flexibility index (Phi) is 4.02. The average molecular weight is 242 g/mol. The normalized spacial score (nSPS) is 21.5. The predicted molar refractivity (Wildman–Crippen MR) is 65.2 cm³/mol. The molecule has 87 valence electrons. The summed E-state index contributed by atoms with van der Waals surface area (Å²) < 4.78 is 13.0. The molecule has 0 aromatic heterocycles. The molecular formula is C12H15ClFN2. The summed E-state index contributed by atoms with van der Waals surface area (Å²) in [5.74, 6) is -0.374. The summed E-state index contributed by atoms with van der Waals surface area (Å²) in [6.07, 6.45) is 4.29. The lowest BCUT2D eigenvalue weighted by Crippen LogP contribution is -2.21. The Labute approximate surface area is 100 Å². The maximum Gasteiger partial charge on any atom is 0.141 e. The second kappa shape index (κ2) is 5.51. The van der Waals surface area contributed by atoms with Crippen LogP contribution in [-0.4, -0.2) is 19.1 Å². The second-order valence-corrected chi connectivity index (χ2v) is 4.39. The van der Waals surface area contributed by atoms with Gasteiger partial charge in [-0.1, -0.05) is 11.6 Å². The first-order chi connectivity index (χ1) is 7.75. The van der Waals surface area contributed by atoms with E-state index < -0.39 is 0 Å². The summed E-state index contributed by atoms with van der Waals surface area (Å²) >= 11 is 5.73. The van der Waals surface area contributed by atoms with Crippen LogP contribution in [0.15, 0.2) is 18.2 Å². The highest BCUT2D eigenvalue weighted by atomic mass is 35.5. The van der Waals surface area contributed by atoms with Gasteiger partial charge in [-0.25, -0.2) is 4.39 Å². The molecule has 4 heteroatoms. The van der Waals surface area contributed by atoms with E-state index in [0.717, 1.165) is 31.6 Å². The molecule has 1 aliphatic heterocycles. The van der Waals surface area contributed by atoms with Crippen molar-refractivity contribution in [1.82, 2.24) is 5.32 Å². The molecule has 2 N–H and O–H groups in total. The van der Waals surface area contributed by atoms with Crippen LogP contribution in [0.1, 0.15) is 12.8 Å². The zero-order valence-electron chi connectivity index (χ0n) is 8.97. The highest BCUT2D eigenvalue weighted by molar-refractivity contribution is 6.31. The van der Waals surface area contributed by atoms with Gasteiger partial charge in [0, 0.05) is 11.7 Å². The molecule has 1 heterocycles. The summed E-state index contributed by atoms with van der Waals surface area (Å²) in [6.45, 7) is 1.96. The highest BCUT2D eigenvalue weighted by Gasteiger charge is 2.12. The lowest BCUT2D eigenvalue weighted by molar-refractivity contribution is 0.627. The summed E-state index contributed by atoms with van der Waals surface area (Å²) in [5.41, 5.74) is 0.881. The summed E-state index contributed by atoms with van der Waals surface area (Å²) in [7, 11) is 0. The summed E-state index contributed by atoms with van der Waals surface area (Å²) in [4.78, 5) is 0. The first-order valence-corrected chi connectivity index (χ1v) is 5.87. The van der Waals surface area contributed by atoms with Gasteiger partial charge < -0.3 is 10.6 Å². The van der Waals surface area contributed by atoms with Crippen LogP contribution >= 0.6 is 11.6 Å². The van der Waals surface area contributed by atoms with Crippen molar-refractivity contribution in [1.29, 1.82) is 0 Å². The Morgan fingerprint density at radius 3 is 3.12 bits per heavy atom. The van der Waals surface area contributed by atoms with Crippen molar-refractivity contribution < 1.29 is 4.39 Å². The Morgan fingerprint density at radius 2 is 2.31 bits per heavy atom. The Bertz CT molecular complexity index is 349. The van der Waals surface area contributed by atoms with Crippen LogP contribution in [0.2, 0.25) is 5.02 Å². The third-order valence-electron chi connectivity index (χ3n) is 2.70. The number of halogens is 2. The molecule has 1 aromatic carbocycles. The van der Waals surface area contributed by atoms with Gasteiger partial charge in [0.2, 0.25) is 0 Å². The van der Waals surface area contributed by atoms with Crippen LogP contribution < -0.4 is 10.6 Å². The minimum Gasteiger partial charge on any atom is -0.382 e. The standard InChI is InChI=1S/C12H15ClFN2/c13-11-8-10(3-4-12(11)14)16-9-2-1-6-15-7-5-9/h1,3-4,8-9,15-16H,2,5-7H2. The van der Waals surface area contributed by atoms with E-state index in [4.69, 9.17) is 11.6 Å². The molecule has 1 aliphatic rings. The average Bonchev–Trinajstić information content (AvgIpc) is 2.52. The fourth-order valence-corrected chi connectivity index (χ4v) is 2.02. The molecule has 1 fully saturated rings. The van der Waals surface area contributed by atoms with Gasteiger partial charge in [-0.05, 0) is 50.6 Å². The van der Waals surface area contributed by atoms with E-state index in [1.54, 1.807) is 12.1 Å². The number of benzene rings is 1. The van der Waals surface area contributed by atoms with Gasteiger partial charge in [-0.15, -0.1) is 0 Å². The molecule has 2 nitrogen and oxygen atoms in total. The van der Waals surface area contributed by atoms with Crippen molar-refractivity contribution in [3.05, 3.63) is 35.5 Å². The van der Waals surface area contributed by atoms with E-state index in [1.807, 2.05) is 0 Å². The third kappa shape index (κ3) is 3.09. The van der Waals surface area contributed by atoms with Crippen molar-refractivity contribution >= 4 is 17.3 Å². The van der Waals surface area contributed by atoms with Gasteiger partial charge in [0.25, 0.3) is 0 Å². The zero-order valence-corrected chi connectivity index (χ0v) is 9.73. The molecule has 1 atom stereocenters. The van der Waals surface area contributed by atoms with Crippen LogP contribution in [0.3, 0.4) is 0 Å². The Hall–Kier alpha value is -0.800. The maximum atomic E-state index is 13.0. The number of rotatable bonds is 2. The molecule has 1 radical (unpaired) electrons. The van der Waals surface area contributed by atoms with Crippen LogP contribution in [-0.2, 0) is 0 Å². The van der Waals surface area contributed by atoms with Crippen molar-refractivity contribution in [2.75, 3.05) is 18.4 Å². The zero-order chi connectivity index (χ0) is 11.4. The van der Waals surface area contributed by atoms with Crippen LogP contribution in [0.4, 0.5) is 10.1 Å². The molecule has 0 bridgehead atoms. The van der Waals surface area contributed by atoms with Crippen molar-refractivity contribution in [3.8, 4) is 0 Å². The number of nitrogens with one attached hydrogen (secondary N) is 2. The van der Waals surface area contributed by atoms with Crippen molar-refractivity contribution in [2.24, 2.45) is 0 Å². The first-order valence-electron chi connectivity index (χ1n) is 5.49. The number of hydrogen-bond donors (Lipinski definition) is 2. The fraction of sp³-hybridized carbons (Fsp3) is 0.417. The van der Waals surface area contributed by atoms with Crippen LogP contribution in [0, 0.1) is 12.2 Å². The molecule has 16 heavy (non-hydrogen) atoms. The van der Waals surface area contributed by atoms with Crippen molar-refractivity contribution in [3.63, 3.8) is 0 Å². The van der Waals surface area contributed by atoms with E-state index in [-0.39, 0.29) is 10.8 Å². The van der Waals surface area contributed by atoms with Crippen LogP contribution in [0.25, 0.3) is 0 Å². The largest absolute Gasteiger partial charge is 0.382 e. The number of anilines is 1. The minimum atomic E-state index is -0.374. The molecule has 1 saturated heterocycles. The topological polar surface area (TPSA) is 24.1 Å². The maximum absolute atomic E-state index is 13.0. The van der Waals surface area contributed by atoms with Gasteiger partial charge in [0.1, 0.15) is 5.82 Å². The third-order valence-corrected chi connectivity index (χ3v) is 2.99. The molecule has 0 spiro atoms. The highest BCUT2D eigenvalue weighted by Crippen LogP contribution is 2.21. The summed E-state index contributed by atoms with van der Waals surface area (Å²) in [5, 5.41) is 6.84. The van der Waals surface area contributed by atoms with Gasteiger partial charge in [0.05, 0.1) is 5.02 Å². The van der Waals surface area contributed by atoms with Gasteiger partial charge >= 0.3 is 0 Å². The molecule has 1 aromatic rings. The van der Waals surface area contributed by atoms with E-state index in [0.29, 0.717) is 6.04 Å². The Balaban J connectivity index is 1.99. The quantitative estimate of drug-likeness (QED) is 0.832. The first kappa shape index (κ1) is 11.7. The number of hydrogen-bond acceptors (Lipinski definition) is 2. The minimum absolute atomic E-state index is 0.167. The SMILES string of the molecule is Fc1ccc(NC2C[CH]CNCC2)cc1Cl. The second-order valence-electron chi connectivity index (χ2n) is 3.99. The van der Waals surface area contributed by atoms with E-state index in [9.17, 15) is 4.39 Å². The van der Waals surface area contributed by atoms with E-state index in [1.165, 1.54) is 6.07 Å². The molecule has 0 amide bonds. The molecule has 1 unspecified atom stereocenters. The Morgan fingerprint density at radius 1 is 1.44 bits per heavy atom. The van der Waals surface area contributed by atoms with Crippen molar-refractivity contribution in [2.45, 2.75) is 18.9 Å². The molecule has 0 aliphatic carbocycles. The lowest BCUT2D eigenvalue weighted by Gasteiger charge is -2.17. The van der Waals surface area contributed by atoms with E-state index >= 15 is 0 Å². The van der Waals surface area contributed by atoms with Crippen LogP contribution in [0.5, 0.6) is 0 Å². The smallest absolute Gasteiger partial charge is 0.141 e. The molecule has 2 rings (SSSR count). The summed E-state index contributed by atoms with van der Waals surface area (Å²) in [6, 6.07) is 5.15. The van der Waals surface area contributed by atoms with Gasteiger partial charge in [-0.3, -0.25) is 0 Å². The fourth-order valence-electron chi connectivity index (χ4n) is 1.84.